The van der Waals surface area contributed by atoms with Crippen molar-refractivity contribution >= 4 is 29.5 Å². The van der Waals surface area contributed by atoms with Gasteiger partial charge < -0.3 is 29.6 Å². The zero-order chi connectivity index (χ0) is 44.7. The van der Waals surface area contributed by atoms with E-state index in [1.54, 1.807) is 34.6 Å². The van der Waals surface area contributed by atoms with Crippen LogP contribution in [0.15, 0.2) is 0 Å². The second kappa shape index (κ2) is 32.2. The zero-order valence-electron chi connectivity index (χ0n) is 39.8. The Labute approximate surface area is 360 Å². The highest BCUT2D eigenvalue weighted by Crippen LogP contribution is 2.42. The largest absolute Gasteiger partial charge is 0.463 e. The Kier molecular flexibility index (Phi) is 30.8. The molecule has 0 aromatic carbocycles. The molecular formula is C48H90N2O9. The minimum absolute atomic E-state index is 0.0409. The molecule has 0 aromatic rings. The summed E-state index contributed by atoms with van der Waals surface area (Å²) in [6, 6.07) is -0.176. The predicted molar refractivity (Wildman–Crippen MR) is 238 cm³/mol. The van der Waals surface area contributed by atoms with Gasteiger partial charge in [0.05, 0.1) is 24.0 Å². The molecule has 3 atom stereocenters. The van der Waals surface area contributed by atoms with E-state index in [0.717, 1.165) is 12.8 Å². The maximum Gasteiger partial charge on any atom is 0.311 e. The molecule has 346 valence electrons. The summed E-state index contributed by atoms with van der Waals surface area (Å²) in [6.45, 7) is 19.3. The summed E-state index contributed by atoms with van der Waals surface area (Å²) in [5, 5.41) is 5.98. The van der Waals surface area contributed by atoms with Crippen LogP contribution < -0.4 is 10.6 Å². The molecule has 0 aliphatic carbocycles. The lowest BCUT2D eigenvalue weighted by atomic mass is 9.68. The van der Waals surface area contributed by atoms with Crippen LogP contribution in [0.2, 0.25) is 0 Å². The Bertz CT molecular complexity index is 1170. The minimum atomic E-state index is -1.29. The topological polar surface area (TPSA) is 146 Å². The van der Waals surface area contributed by atoms with Gasteiger partial charge in [0.25, 0.3) is 0 Å². The Morgan fingerprint density at radius 2 is 1.08 bits per heavy atom. The van der Waals surface area contributed by atoms with Gasteiger partial charge in [-0.25, -0.2) is 0 Å². The smallest absolute Gasteiger partial charge is 0.311 e. The monoisotopic (exact) mass is 839 g/mol. The first-order valence-corrected chi connectivity index (χ1v) is 23.4. The SMILES string of the molecule is CCCCCCCCCCCCCCCCCCOCCOC(=O)C(C)(CC(CC(CC)C(=O)NC(C)(C)CC(C)=O)C(=O)NC(C)C)CC(C)(C)C(=O)OCCOC. The number of amides is 2. The van der Waals surface area contributed by atoms with Crippen molar-refractivity contribution in [2.45, 2.75) is 216 Å². The number of carbonyl (C=O) groups excluding carboxylic acids is 5. The number of esters is 2. The molecule has 11 heteroatoms. The summed E-state index contributed by atoms with van der Waals surface area (Å²) in [4.78, 5) is 66.6. The van der Waals surface area contributed by atoms with Gasteiger partial charge in [0.2, 0.25) is 11.8 Å². The summed E-state index contributed by atoms with van der Waals surface area (Å²) in [6.07, 6.45) is 21.8. The number of nitrogens with one attached hydrogen (secondary N) is 2. The van der Waals surface area contributed by atoms with E-state index in [-0.39, 0.29) is 75.8 Å². The maximum absolute atomic E-state index is 14.1. The molecule has 59 heavy (non-hydrogen) atoms. The fourth-order valence-electron chi connectivity index (χ4n) is 8.04. The van der Waals surface area contributed by atoms with Crippen molar-refractivity contribution in [1.82, 2.24) is 10.6 Å². The number of hydrogen-bond acceptors (Lipinski definition) is 9. The van der Waals surface area contributed by atoms with Gasteiger partial charge in [-0.15, -0.1) is 0 Å². The van der Waals surface area contributed by atoms with Gasteiger partial charge >= 0.3 is 11.9 Å². The van der Waals surface area contributed by atoms with Crippen molar-refractivity contribution in [3.63, 3.8) is 0 Å². The molecule has 0 rings (SSSR count). The average molecular weight is 839 g/mol. The van der Waals surface area contributed by atoms with E-state index >= 15 is 0 Å². The van der Waals surface area contributed by atoms with Crippen molar-refractivity contribution in [1.29, 1.82) is 0 Å². The van der Waals surface area contributed by atoms with E-state index in [4.69, 9.17) is 18.9 Å². The number of rotatable bonds is 38. The average Bonchev–Trinajstić information content (AvgIpc) is 3.14. The molecule has 0 aliphatic heterocycles. The van der Waals surface area contributed by atoms with Gasteiger partial charge in [0, 0.05) is 43.6 Å². The molecule has 11 nitrogen and oxygen atoms in total. The number of hydrogen-bond donors (Lipinski definition) is 2. The van der Waals surface area contributed by atoms with E-state index in [1.807, 2.05) is 20.8 Å². The second-order valence-electron chi connectivity index (χ2n) is 19.0. The Hall–Kier alpha value is -2.53. The van der Waals surface area contributed by atoms with E-state index in [0.29, 0.717) is 13.0 Å². The van der Waals surface area contributed by atoms with Crippen molar-refractivity contribution < 1.29 is 42.9 Å². The molecule has 0 aromatic heterocycles. The van der Waals surface area contributed by atoms with Crippen LogP contribution in [0.5, 0.6) is 0 Å². The first-order chi connectivity index (χ1) is 27.8. The molecule has 0 heterocycles. The molecule has 0 bridgehead atoms. The van der Waals surface area contributed by atoms with Crippen LogP contribution in [0.1, 0.15) is 204 Å². The molecule has 0 aliphatic rings. The number of ketones is 1. The van der Waals surface area contributed by atoms with Gasteiger partial charge in [-0.05, 0) is 87.5 Å². The Balaban J connectivity index is 5.37. The number of carbonyl (C=O) groups is 5. The molecule has 0 saturated heterocycles. The van der Waals surface area contributed by atoms with Gasteiger partial charge in [-0.1, -0.05) is 110 Å². The Morgan fingerprint density at radius 1 is 0.593 bits per heavy atom. The lowest BCUT2D eigenvalue weighted by molar-refractivity contribution is -0.165. The highest BCUT2D eigenvalue weighted by atomic mass is 16.6. The molecule has 2 amide bonds. The van der Waals surface area contributed by atoms with Crippen LogP contribution in [0, 0.1) is 22.7 Å². The normalized spacial score (nSPS) is 14.0. The summed E-state index contributed by atoms with van der Waals surface area (Å²) in [5.41, 5.74) is -3.16. The minimum Gasteiger partial charge on any atom is -0.463 e. The molecular weight excluding hydrogens is 749 g/mol. The maximum atomic E-state index is 14.1. The fraction of sp³-hybridized carbons (Fsp3) is 0.896. The number of ether oxygens (including phenoxy) is 4. The van der Waals surface area contributed by atoms with E-state index in [1.165, 1.54) is 104 Å². The van der Waals surface area contributed by atoms with Gasteiger partial charge in [0.15, 0.2) is 0 Å². The van der Waals surface area contributed by atoms with Crippen LogP contribution in [-0.4, -0.2) is 81.3 Å². The van der Waals surface area contributed by atoms with Gasteiger partial charge in [-0.2, -0.15) is 0 Å². The highest BCUT2D eigenvalue weighted by Gasteiger charge is 2.47. The molecule has 0 spiro atoms. The van der Waals surface area contributed by atoms with E-state index < -0.39 is 40.1 Å². The number of methoxy groups -OCH3 is 1. The number of unbranched alkanes of at least 4 members (excludes halogenated alkanes) is 15. The second-order valence-corrected chi connectivity index (χ2v) is 19.0. The molecule has 0 radical (unpaired) electrons. The summed E-state index contributed by atoms with van der Waals surface area (Å²) >= 11 is 0. The summed E-state index contributed by atoms with van der Waals surface area (Å²) < 4.78 is 22.2. The van der Waals surface area contributed by atoms with Crippen molar-refractivity contribution in [3.05, 3.63) is 0 Å². The zero-order valence-corrected chi connectivity index (χ0v) is 39.8. The first-order valence-electron chi connectivity index (χ1n) is 23.4. The molecule has 0 saturated carbocycles. The molecule has 3 unspecified atom stereocenters. The van der Waals surface area contributed by atoms with Gasteiger partial charge in [-0.3, -0.25) is 24.0 Å². The molecule has 2 N–H and O–H groups in total. The lowest BCUT2D eigenvalue weighted by Crippen LogP contribution is -2.48. The summed E-state index contributed by atoms with van der Waals surface area (Å²) in [5.74, 6) is -2.92. The third-order valence-electron chi connectivity index (χ3n) is 11.1. The van der Waals surface area contributed by atoms with Crippen LogP contribution >= 0.6 is 0 Å². The van der Waals surface area contributed by atoms with Crippen molar-refractivity contribution in [2.75, 3.05) is 40.1 Å². The summed E-state index contributed by atoms with van der Waals surface area (Å²) in [7, 11) is 1.52. The number of Topliss-reactive ketones (excluding diaryl/α,β-unsaturated/α-hetero) is 1. The third-order valence-corrected chi connectivity index (χ3v) is 11.1. The van der Waals surface area contributed by atoms with Crippen molar-refractivity contribution in [3.8, 4) is 0 Å². The predicted octanol–water partition coefficient (Wildman–Crippen LogP) is 10.2. The van der Waals surface area contributed by atoms with Crippen LogP contribution in [0.4, 0.5) is 0 Å². The van der Waals surface area contributed by atoms with Crippen LogP contribution in [-0.2, 0) is 42.9 Å². The van der Waals surface area contributed by atoms with E-state index in [9.17, 15) is 24.0 Å². The molecule has 0 fully saturated rings. The van der Waals surface area contributed by atoms with E-state index in [2.05, 4.69) is 17.6 Å². The fourth-order valence-corrected chi connectivity index (χ4v) is 8.04. The van der Waals surface area contributed by atoms with Gasteiger partial charge in [0.1, 0.15) is 19.0 Å². The van der Waals surface area contributed by atoms with Crippen molar-refractivity contribution in [2.24, 2.45) is 22.7 Å². The standard InChI is InChI=1S/C48H90N2O9/c1-12-14-15-16-17-18-19-20-21-22-23-24-25-26-27-28-29-57-31-33-59-45(55)48(10,37-46(6,7)44(54)58-32-30-56-11)36-41(42(52)49-38(3)4)34-40(13-2)43(53)50-47(8,9)35-39(5)51/h38,40-41H,12-37H2,1-11H3,(H,49,52)(H,50,53). The Morgan fingerprint density at radius 3 is 1.56 bits per heavy atom. The highest BCUT2D eigenvalue weighted by molar-refractivity contribution is 5.85. The first kappa shape index (κ1) is 56.5. The van der Waals surface area contributed by atoms with Crippen LogP contribution in [0.3, 0.4) is 0 Å². The third kappa shape index (κ3) is 27.8. The lowest BCUT2D eigenvalue weighted by Gasteiger charge is -2.37. The quantitative estimate of drug-likeness (QED) is 0.0458. The van der Waals surface area contributed by atoms with Crippen LogP contribution in [0.25, 0.3) is 0 Å².